The number of hydrogen-bond donors (Lipinski definition) is 2. The van der Waals surface area contributed by atoms with E-state index in [0.29, 0.717) is 39.9 Å². The first-order chi connectivity index (χ1) is 13.6. The van der Waals surface area contributed by atoms with E-state index in [1.807, 2.05) is 19.1 Å². The molecule has 6 heteroatoms. The summed E-state index contributed by atoms with van der Waals surface area (Å²) in [4.78, 5) is 24.8. The molecule has 0 saturated carbocycles. The number of halogens is 1. The number of anilines is 2. The van der Waals surface area contributed by atoms with E-state index < -0.39 is 0 Å². The Morgan fingerprint density at radius 2 is 1.39 bits per heavy atom. The molecule has 3 rings (SSSR count). The van der Waals surface area contributed by atoms with Crippen molar-refractivity contribution >= 4 is 34.8 Å². The number of para-hydroxylation sites is 2. The quantitative estimate of drug-likeness (QED) is 0.600. The molecule has 0 fully saturated rings. The summed E-state index contributed by atoms with van der Waals surface area (Å²) in [6, 6.07) is 20.5. The van der Waals surface area contributed by atoms with Crippen molar-refractivity contribution < 1.29 is 14.3 Å². The summed E-state index contributed by atoms with van der Waals surface area (Å²) in [7, 11) is 0. The summed E-state index contributed by atoms with van der Waals surface area (Å²) in [6.45, 7) is 2.39. The van der Waals surface area contributed by atoms with E-state index in [1.165, 1.54) is 0 Å². The molecule has 0 unspecified atom stereocenters. The predicted molar refractivity (Wildman–Crippen MR) is 111 cm³/mol. The average molecular weight is 395 g/mol. The van der Waals surface area contributed by atoms with Gasteiger partial charge in [0.1, 0.15) is 5.75 Å². The Bertz CT molecular complexity index is 970. The van der Waals surface area contributed by atoms with Gasteiger partial charge < -0.3 is 15.4 Å². The van der Waals surface area contributed by atoms with Crippen LogP contribution in [0.4, 0.5) is 11.4 Å². The Morgan fingerprint density at radius 1 is 0.821 bits per heavy atom. The molecule has 0 aliphatic heterocycles. The number of ether oxygens (including phenoxy) is 1. The summed E-state index contributed by atoms with van der Waals surface area (Å²) < 4.78 is 5.51. The molecule has 5 nitrogen and oxygen atoms in total. The smallest absolute Gasteiger partial charge is 0.255 e. The lowest BCUT2D eigenvalue weighted by atomic mass is 10.1. The molecular weight excluding hydrogens is 376 g/mol. The normalized spacial score (nSPS) is 10.2. The van der Waals surface area contributed by atoms with Gasteiger partial charge >= 0.3 is 0 Å². The van der Waals surface area contributed by atoms with Gasteiger partial charge in [-0.2, -0.15) is 0 Å². The second-order valence-electron chi connectivity index (χ2n) is 5.92. The van der Waals surface area contributed by atoms with Crippen LogP contribution in [0, 0.1) is 0 Å². The van der Waals surface area contributed by atoms with Gasteiger partial charge in [0, 0.05) is 21.8 Å². The summed E-state index contributed by atoms with van der Waals surface area (Å²) >= 11 is 5.84. The molecule has 142 valence electrons. The maximum atomic E-state index is 12.5. The van der Waals surface area contributed by atoms with Crippen molar-refractivity contribution in [3.63, 3.8) is 0 Å². The molecule has 3 aromatic carbocycles. The van der Waals surface area contributed by atoms with Gasteiger partial charge in [0.2, 0.25) is 0 Å². The molecule has 0 aliphatic carbocycles. The summed E-state index contributed by atoms with van der Waals surface area (Å²) in [5, 5.41) is 6.21. The fraction of sp³-hybridized carbons (Fsp3) is 0.0909. The largest absolute Gasteiger partial charge is 0.492 e. The van der Waals surface area contributed by atoms with Crippen molar-refractivity contribution in [1.82, 2.24) is 0 Å². The highest BCUT2D eigenvalue weighted by Gasteiger charge is 2.11. The van der Waals surface area contributed by atoms with Crippen LogP contribution in [0.3, 0.4) is 0 Å². The van der Waals surface area contributed by atoms with Gasteiger partial charge in [0.15, 0.2) is 0 Å². The number of benzene rings is 3. The molecule has 0 spiro atoms. The lowest BCUT2D eigenvalue weighted by Gasteiger charge is -2.11. The molecule has 0 aromatic heterocycles. The number of hydrogen-bond acceptors (Lipinski definition) is 3. The first-order valence-electron chi connectivity index (χ1n) is 8.77. The monoisotopic (exact) mass is 394 g/mol. The number of carbonyl (C=O) groups excluding carboxylic acids is 2. The van der Waals surface area contributed by atoms with Crippen molar-refractivity contribution in [2.75, 3.05) is 17.2 Å². The van der Waals surface area contributed by atoms with Crippen LogP contribution in [0.25, 0.3) is 0 Å². The fourth-order valence-electron chi connectivity index (χ4n) is 2.56. The van der Waals surface area contributed by atoms with E-state index in [4.69, 9.17) is 16.3 Å². The zero-order chi connectivity index (χ0) is 19.9. The lowest BCUT2D eigenvalue weighted by molar-refractivity contribution is 0.101. The third kappa shape index (κ3) is 4.90. The first kappa shape index (κ1) is 19.5. The second-order valence-corrected chi connectivity index (χ2v) is 6.36. The van der Waals surface area contributed by atoms with E-state index in [-0.39, 0.29) is 11.8 Å². The minimum absolute atomic E-state index is 0.268. The van der Waals surface area contributed by atoms with Gasteiger partial charge in [0.25, 0.3) is 11.8 Å². The van der Waals surface area contributed by atoms with Gasteiger partial charge in [-0.05, 0) is 67.6 Å². The van der Waals surface area contributed by atoms with E-state index in [9.17, 15) is 9.59 Å². The summed E-state index contributed by atoms with van der Waals surface area (Å²) in [6.07, 6.45) is 0. The highest BCUT2D eigenvalue weighted by molar-refractivity contribution is 6.30. The van der Waals surface area contributed by atoms with Crippen LogP contribution in [-0.2, 0) is 0 Å². The number of nitrogens with one attached hydrogen (secondary N) is 2. The van der Waals surface area contributed by atoms with Crippen molar-refractivity contribution in [3.8, 4) is 5.75 Å². The Hall–Kier alpha value is -3.31. The van der Waals surface area contributed by atoms with Crippen LogP contribution in [-0.4, -0.2) is 18.4 Å². The van der Waals surface area contributed by atoms with Gasteiger partial charge in [0.05, 0.1) is 12.3 Å². The van der Waals surface area contributed by atoms with E-state index in [2.05, 4.69) is 10.6 Å². The molecule has 0 bridgehead atoms. The molecule has 2 N–H and O–H groups in total. The SMILES string of the molecule is CCOc1ccccc1NC(=O)c1ccc(C(=O)Nc2ccc(Cl)cc2)cc1. The van der Waals surface area contributed by atoms with Gasteiger partial charge in [-0.15, -0.1) is 0 Å². The molecule has 28 heavy (non-hydrogen) atoms. The number of carbonyl (C=O) groups is 2. The fourth-order valence-corrected chi connectivity index (χ4v) is 2.68. The van der Waals surface area contributed by atoms with Gasteiger partial charge in [-0.3, -0.25) is 9.59 Å². The van der Waals surface area contributed by atoms with Crippen LogP contribution in [0.15, 0.2) is 72.8 Å². The van der Waals surface area contributed by atoms with Crippen LogP contribution in [0.5, 0.6) is 5.75 Å². The molecule has 0 saturated heterocycles. The minimum atomic E-state index is -0.281. The Morgan fingerprint density at radius 3 is 2.00 bits per heavy atom. The Balaban J connectivity index is 1.67. The highest BCUT2D eigenvalue weighted by Crippen LogP contribution is 2.24. The molecule has 0 atom stereocenters. The standard InChI is InChI=1S/C22H19ClN2O3/c1-2-28-20-6-4-3-5-19(20)25-22(27)16-9-7-15(8-10-16)21(26)24-18-13-11-17(23)12-14-18/h3-14H,2H2,1H3,(H,24,26)(H,25,27). The van der Waals surface area contributed by atoms with Crippen LogP contribution < -0.4 is 15.4 Å². The third-order valence-corrected chi connectivity index (χ3v) is 4.20. The lowest BCUT2D eigenvalue weighted by Crippen LogP contribution is -2.15. The molecule has 0 aliphatic rings. The van der Waals surface area contributed by atoms with E-state index in [1.54, 1.807) is 60.7 Å². The molecule has 3 aromatic rings. The highest BCUT2D eigenvalue weighted by atomic mass is 35.5. The second kappa shape index (κ2) is 9.06. The Kier molecular flexibility index (Phi) is 6.29. The van der Waals surface area contributed by atoms with Crippen LogP contribution >= 0.6 is 11.6 Å². The predicted octanol–water partition coefficient (Wildman–Crippen LogP) is 5.24. The minimum Gasteiger partial charge on any atom is -0.492 e. The van der Waals surface area contributed by atoms with Gasteiger partial charge in [-0.25, -0.2) is 0 Å². The van der Waals surface area contributed by atoms with Crippen molar-refractivity contribution in [2.45, 2.75) is 6.92 Å². The van der Waals surface area contributed by atoms with E-state index >= 15 is 0 Å². The Labute approximate surface area is 168 Å². The molecular formula is C22H19ClN2O3. The van der Waals surface area contributed by atoms with Crippen LogP contribution in [0.2, 0.25) is 5.02 Å². The molecule has 2 amide bonds. The van der Waals surface area contributed by atoms with Crippen molar-refractivity contribution in [2.24, 2.45) is 0 Å². The zero-order valence-electron chi connectivity index (χ0n) is 15.2. The van der Waals surface area contributed by atoms with E-state index in [0.717, 1.165) is 0 Å². The topological polar surface area (TPSA) is 67.4 Å². The summed E-state index contributed by atoms with van der Waals surface area (Å²) in [5.74, 6) is 0.0603. The third-order valence-electron chi connectivity index (χ3n) is 3.95. The number of rotatable bonds is 6. The maximum absolute atomic E-state index is 12.5. The summed E-state index contributed by atoms with van der Waals surface area (Å²) in [5.41, 5.74) is 2.12. The molecule has 0 radical (unpaired) electrons. The van der Waals surface area contributed by atoms with Crippen molar-refractivity contribution in [3.05, 3.63) is 88.9 Å². The van der Waals surface area contributed by atoms with Crippen molar-refractivity contribution in [1.29, 1.82) is 0 Å². The zero-order valence-corrected chi connectivity index (χ0v) is 16.0. The first-order valence-corrected chi connectivity index (χ1v) is 9.15. The number of amides is 2. The van der Waals surface area contributed by atoms with Gasteiger partial charge in [-0.1, -0.05) is 23.7 Å². The maximum Gasteiger partial charge on any atom is 0.255 e. The average Bonchev–Trinajstić information content (AvgIpc) is 2.71. The van der Waals surface area contributed by atoms with Crippen LogP contribution in [0.1, 0.15) is 27.6 Å². The molecule has 0 heterocycles.